The minimum atomic E-state index is -0.625. The van der Waals surface area contributed by atoms with Crippen molar-refractivity contribution < 1.29 is 19.6 Å². The number of alkyl carbamates (subject to hydrolysis) is 1. The number of ether oxygens (including phenoxy) is 1. The summed E-state index contributed by atoms with van der Waals surface area (Å²) in [5.74, 6) is 0. The number of nitrogens with zero attached hydrogens (tertiary/aromatic N) is 1. The number of hydrogen-bond acceptors (Lipinski definition) is 5. The summed E-state index contributed by atoms with van der Waals surface area (Å²) in [6, 6.07) is 14.7. The van der Waals surface area contributed by atoms with Crippen molar-refractivity contribution in [1.82, 2.24) is 5.32 Å². The van der Waals surface area contributed by atoms with Gasteiger partial charge in [-0.25, -0.2) is 4.79 Å². The zero-order chi connectivity index (χ0) is 17.4. The molecule has 24 heavy (non-hydrogen) atoms. The normalized spacial score (nSPS) is 11.5. The number of nitro groups is 1. The number of benzene rings is 2. The molecular weight excluding hydrogens is 312 g/mol. The van der Waals surface area contributed by atoms with E-state index in [0.717, 1.165) is 11.1 Å². The molecule has 0 bridgehead atoms. The quantitative estimate of drug-likeness (QED) is 0.599. The van der Waals surface area contributed by atoms with Crippen LogP contribution in [0.3, 0.4) is 0 Å². The summed E-state index contributed by atoms with van der Waals surface area (Å²) in [6.07, 6.45) is -0.283. The van der Waals surface area contributed by atoms with E-state index in [2.05, 4.69) is 5.32 Å². The first-order valence-corrected chi connectivity index (χ1v) is 7.40. The van der Waals surface area contributed by atoms with E-state index in [9.17, 15) is 20.0 Å². The fourth-order valence-corrected chi connectivity index (χ4v) is 2.13. The second-order valence-corrected chi connectivity index (χ2v) is 5.21. The van der Waals surface area contributed by atoms with Crippen LogP contribution in [0, 0.1) is 10.1 Å². The van der Waals surface area contributed by atoms with Gasteiger partial charge in [-0.15, -0.1) is 0 Å². The van der Waals surface area contributed by atoms with Crippen molar-refractivity contribution in [2.45, 2.75) is 19.1 Å². The summed E-state index contributed by atoms with van der Waals surface area (Å²) < 4.78 is 5.10. The first-order chi connectivity index (χ1) is 11.6. The Balaban J connectivity index is 1.84. The molecular formula is C17H18N2O5. The first-order valence-electron chi connectivity index (χ1n) is 7.40. The fraction of sp³-hybridized carbons (Fsp3) is 0.235. The smallest absolute Gasteiger partial charge is 0.407 e. The van der Waals surface area contributed by atoms with Gasteiger partial charge in [-0.3, -0.25) is 10.1 Å². The molecule has 7 nitrogen and oxygen atoms in total. The lowest BCUT2D eigenvalue weighted by molar-refractivity contribution is -0.384. The van der Waals surface area contributed by atoms with Gasteiger partial charge in [-0.05, 0) is 17.5 Å². The zero-order valence-corrected chi connectivity index (χ0v) is 12.9. The number of rotatable bonds is 7. The van der Waals surface area contributed by atoms with E-state index in [4.69, 9.17) is 4.74 Å². The van der Waals surface area contributed by atoms with E-state index in [-0.39, 0.29) is 18.9 Å². The standard InChI is InChI=1S/C17H18N2O5/c20-11-15(10-13-6-8-16(9-7-13)19(22)23)18-17(21)24-12-14-4-2-1-3-5-14/h1-9,15,20H,10-12H2,(H,18,21)/t15-/m0/s1. The van der Waals surface area contributed by atoms with Gasteiger partial charge in [0.05, 0.1) is 17.6 Å². The molecule has 0 aliphatic rings. The van der Waals surface area contributed by atoms with Crippen LogP contribution in [0.1, 0.15) is 11.1 Å². The molecule has 0 fully saturated rings. The Morgan fingerprint density at radius 3 is 2.38 bits per heavy atom. The van der Waals surface area contributed by atoms with Crippen LogP contribution >= 0.6 is 0 Å². The lowest BCUT2D eigenvalue weighted by atomic mass is 10.1. The van der Waals surface area contributed by atoms with Crippen molar-refractivity contribution in [1.29, 1.82) is 0 Å². The monoisotopic (exact) mass is 330 g/mol. The Morgan fingerprint density at radius 2 is 1.79 bits per heavy atom. The number of aliphatic hydroxyl groups excluding tert-OH is 1. The third-order valence-corrected chi connectivity index (χ3v) is 3.38. The van der Waals surface area contributed by atoms with Crippen molar-refractivity contribution >= 4 is 11.8 Å². The van der Waals surface area contributed by atoms with Crippen LogP contribution in [0.2, 0.25) is 0 Å². The van der Waals surface area contributed by atoms with Gasteiger partial charge in [-0.1, -0.05) is 42.5 Å². The van der Waals surface area contributed by atoms with Crippen LogP contribution < -0.4 is 5.32 Å². The molecule has 0 unspecified atom stereocenters. The number of hydrogen-bond donors (Lipinski definition) is 2. The zero-order valence-electron chi connectivity index (χ0n) is 12.9. The highest BCUT2D eigenvalue weighted by Gasteiger charge is 2.14. The molecule has 2 N–H and O–H groups in total. The van der Waals surface area contributed by atoms with Gasteiger partial charge < -0.3 is 15.2 Å². The Morgan fingerprint density at radius 1 is 1.12 bits per heavy atom. The maximum Gasteiger partial charge on any atom is 0.407 e. The second-order valence-electron chi connectivity index (χ2n) is 5.21. The lowest BCUT2D eigenvalue weighted by Gasteiger charge is -2.16. The number of non-ortho nitro benzene ring substituents is 1. The van der Waals surface area contributed by atoms with Crippen LogP contribution in [-0.4, -0.2) is 28.8 Å². The number of carbonyl (C=O) groups excluding carboxylic acids is 1. The molecule has 0 radical (unpaired) electrons. The summed E-state index contributed by atoms with van der Waals surface area (Å²) in [7, 11) is 0. The van der Waals surface area contributed by atoms with E-state index in [1.165, 1.54) is 12.1 Å². The molecule has 0 spiro atoms. The third kappa shape index (κ3) is 5.36. The fourth-order valence-electron chi connectivity index (χ4n) is 2.13. The summed E-state index contributed by atoms with van der Waals surface area (Å²) in [5.41, 5.74) is 1.63. The number of nitro benzene ring substituents is 1. The maximum atomic E-state index is 11.8. The topological polar surface area (TPSA) is 102 Å². The van der Waals surface area contributed by atoms with E-state index in [0.29, 0.717) is 6.42 Å². The highest BCUT2D eigenvalue weighted by Crippen LogP contribution is 2.13. The van der Waals surface area contributed by atoms with E-state index in [1.807, 2.05) is 30.3 Å². The molecule has 7 heteroatoms. The predicted octanol–water partition coefficient (Wildman–Crippen LogP) is 2.42. The number of amides is 1. The van der Waals surface area contributed by atoms with Crippen LogP contribution in [0.4, 0.5) is 10.5 Å². The summed E-state index contributed by atoms with van der Waals surface area (Å²) >= 11 is 0. The average Bonchev–Trinajstić information content (AvgIpc) is 2.60. The van der Waals surface area contributed by atoms with Crippen molar-refractivity contribution in [3.8, 4) is 0 Å². The predicted molar refractivity (Wildman–Crippen MR) is 87.4 cm³/mol. The van der Waals surface area contributed by atoms with Crippen LogP contribution in [-0.2, 0) is 17.8 Å². The van der Waals surface area contributed by atoms with Crippen LogP contribution in [0.25, 0.3) is 0 Å². The van der Waals surface area contributed by atoms with Gasteiger partial charge in [0.1, 0.15) is 6.61 Å². The summed E-state index contributed by atoms with van der Waals surface area (Å²) in [6.45, 7) is -0.125. The maximum absolute atomic E-state index is 11.8. The van der Waals surface area contributed by atoms with Crippen molar-refractivity contribution in [2.24, 2.45) is 0 Å². The highest BCUT2D eigenvalue weighted by molar-refractivity contribution is 5.67. The Hall–Kier alpha value is -2.93. The molecule has 0 aromatic heterocycles. The van der Waals surface area contributed by atoms with Crippen molar-refractivity contribution in [3.05, 3.63) is 75.8 Å². The Bertz CT molecular complexity index is 673. The van der Waals surface area contributed by atoms with Gasteiger partial charge in [0, 0.05) is 12.1 Å². The van der Waals surface area contributed by atoms with Gasteiger partial charge >= 0.3 is 6.09 Å². The van der Waals surface area contributed by atoms with Crippen molar-refractivity contribution in [3.63, 3.8) is 0 Å². The molecule has 0 aliphatic carbocycles. The van der Waals surface area contributed by atoms with E-state index < -0.39 is 17.1 Å². The average molecular weight is 330 g/mol. The van der Waals surface area contributed by atoms with Crippen LogP contribution in [0.15, 0.2) is 54.6 Å². The van der Waals surface area contributed by atoms with Gasteiger partial charge in [0.15, 0.2) is 0 Å². The minimum Gasteiger partial charge on any atom is -0.445 e. The second kappa shape index (κ2) is 8.64. The van der Waals surface area contributed by atoms with Gasteiger partial charge in [0.2, 0.25) is 0 Å². The molecule has 0 heterocycles. The molecule has 126 valence electrons. The highest BCUT2D eigenvalue weighted by atomic mass is 16.6. The SMILES string of the molecule is O=C(N[C@H](CO)Cc1ccc([N+](=O)[O-])cc1)OCc1ccccc1. The molecule has 1 amide bonds. The number of nitrogens with one attached hydrogen (secondary N) is 1. The van der Waals surface area contributed by atoms with E-state index >= 15 is 0 Å². The van der Waals surface area contributed by atoms with Gasteiger partial charge in [-0.2, -0.15) is 0 Å². The summed E-state index contributed by atoms with van der Waals surface area (Å²) in [5, 5.41) is 22.6. The van der Waals surface area contributed by atoms with Crippen molar-refractivity contribution in [2.75, 3.05) is 6.61 Å². The molecule has 1 atom stereocenters. The Kier molecular flexibility index (Phi) is 6.27. The number of aliphatic hydroxyl groups is 1. The number of carbonyl (C=O) groups is 1. The molecule has 0 saturated carbocycles. The molecule has 2 rings (SSSR count). The lowest BCUT2D eigenvalue weighted by Crippen LogP contribution is -2.39. The molecule has 0 aliphatic heterocycles. The minimum absolute atomic E-state index is 0.00507. The third-order valence-electron chi connectivity index (χ3n) is 3.38. The molecule has 2 aromatic rings. The molecule has 0 saturated heterocycles. The first kappa shape index (κ1) is 17.4. The summed E-state index contributed by atoms with van der Waals surface area (Å²) in [4.78, 5) is 21.9. The van der Waals surface area contributed by atoms with Crippen LogP contribution in [0.5, 0.6) is 0 Å². The van der Waals surface area contributed by atoms with E-state index in [1.54, 1.807) is 12.1 Å². The molecule has 2 aromatic carbocycles. The Labute approximate surface area is 139 Å². The van der Waals surface area contributed by atoms with Gasteiger partial charge in [0.25, 0.3) is 5.69 Å². The largest absolute Gasteiger partial charge is 0.445 e.